The molecule has 0 aliphatic carbocycles. The number of amides is 1. The van der Waals surface area contributed by atoms with Crippen molar-refractivity contribution in [2.24, 2.45) is 0 Å². The van der Waals surface area contributed by atoms with Crippen molar-refractivity contribution in [1.29, 1.82) is 0 Å². The standard InChI is InChI=1S/C13H18BrNO4S/c1-9(15-13(16)8-14)6-10-4-5-11(19-2)12(7-10)20(3,17)18/h4-5,7,9H,6,8H2,1-3H3,(H,15,16)/t9-/m1/s1. The minimum Gasteiger partial charge on any atom is -0.495 e. The lowest BCUT2D eigenvalue weighted by Gasteiger charge is -2.14. The number of hydrogen-bond acceptors (Lipinski definition) is 4. The smallest absolute Gasteiger partial charge is 0.230 e. The number of halogens is 1. The summed E-state index contributed by atoms with van der Waals surface area (Å²) in [6.07, 6.45) is 1.69. The van der Waals surface area contributed by atoms with E-state index in [-0.39, 0.29) is 22.2 Å². The second-order valence-corrected chi connectivity index (χ2v) is 7.11. The molecule has 0 spiro atoms. The Hall–Kier alpha value is -1.08. The highest BCUT2D eigenvalue weighted by Crippen LogP contribution is 2.25. The number of alkyl halides is 1. The largest absolute Gasteiger partial charge is 0.495 e. The number of carbonyl (C=O) groups is 1. The van der Waals surface area contributed by atoms with Crippen LogP contribution in [-0.4, -0.2) is 39.1 Å². The molecule has 0 bridgehead atoms. The molecule has 0 heterocycles. The molecule has 1 aromatic rings. The van der Waals surface area contributed by atoms with Gasteiger partial charge in [-0.05, 0) is 31.0 Å². The van der Waals surface area contributed by atoms with Crippen LogP contribution in [0.4, 0.5) is 0 Å². The van der Waals surface area contributed by atoms with E-state index in [9.17, 15) is 13.2 Å². The highest BCUT2D eigenvalue weighted by molar-refractivity contribution is 9.09. The van der Waals surface area contributed by atoms with Gasteiger partial charge in [0.2, 0.25) is 5.91 Å². The van der Waals surface area contributed by atoms with Gasteiger partial charge in [0.15, 0.2) is 9.84 Å². The summed E-state index contributed by atoms with van der Waals surface area (Å²) >= 11 is 3.08. The van der Waals surface area contributed by atoms with Crippen LogP contribution in [-0.2, 0) is 21.1 Å². The molecule has 0 aliphatic rings. The molecule has 0 unspecified atom stereocenters. The average Bonchev–Trinajstić information content (AvgIpc) is 2.37. The molecule has 1 rings (SSSR count). The molecule has 7 heteroatoms. The van der Waals surface area contributed by atoms with E-state index in [2.05, 4.69) is 21.2 Å². The summed E-state index contributed by atoms with van der Waals surface area (Å²) in [5.41, 5.74) is 0.827. The molecular weight excluding hydrogens is 346 g/mol. The van der Waals surface area contributed by atoms with Crippen LogP contribution >= 0.6 is 15.9 Å². The Morgan fingerprint density at radius 2 is 2.10 bits per heavy atom. The van der Waals surface area contributed by atoms with E-state index >= 15 is 0 Å². The molecule has 0 fully saturated rings. The zero-order chi connectivity index (χ0) is 15.3. The summed E-state index contributed by atoms with van der Waals surface area (Å²) in [6, 6.07) is 4.93. The third kappa shape index (κ3) is 4.79. The molecule has 1 N–H and O–H groups in total. The van der Waals surface area contributed by atoms with Gasteiger partial charge in [-0.1, -0.05) is 22.0 Å². The van der Waals surface area contributed by atoms with Gasteiger partial charge in [0, 0.05) is 12.3 Å². The van der Waals surface area contributed by atoms with E-state index in [1.54, 1.807) is 18.2 Å². The van der Waals surface area contributed by atoms with Gasteiger partial charge < -0.3 is 10.1 Å². The normalized spacial score (nSPS) is 12.8. The minimum atomic E-state index is -3.35. The van der Waals surface area contributed by atoms with E-state index in [1.165, 1.54) is 7.11 Å². The Labute approximate surface area is 127 Å². The lowest BCUT2D eigenvalue weighted by atomic mass is 10.1. The Morgan fingerprint density at radius 3 is 2.60 bits per heavy atom. The zero-order valence-corrected chi connectivity index (χ0v) is 14.0. The highest BCUT2D eigenvalue weighted by Gasteiger charge is 2.16. The minimum absolute atomic E-state index is 0.0825. The van der Waals surface area contributed by atoms with Crippen LogP contribution in [0.3, 0.4) is 0 Å². The van der Waals surface area contributed by atoms with Crippen LogP contribution in [0.5, 0.6) is 5.75 Å². The number of carbonyl (C=O) groups excluding carboxylic acids is 1. The Kier molecular flexibility index (Phi) is 6.01. The molecule has 0 aromatic heterocycles. The third-order valence-electron chi connectivity index (χ3n) is 2.70. The van der Waals surface area contributed by atoms with Gasteiger partial charge in [-0.25, -0.2) is 8.42 Å². The lowest BCUT2D eigenvalue weighted by molar-refractivity contribution is -0.119. The van der Waals surface area contributed by atoms with Crippen LogP contribution < -0.4 is 10.1 Å². The maximum atomic E-state index is 11.7. The van der Waals surface area contributed by atoms with E-state index in [0.717, 1.165) is 11.8 Å². The van der Waals surface area contributed by atoms with Gasteiger partial charge >= 0.3 is 0 Å². The van der Waals surface area contributed by atoms with E-state index < -0.39 is 9.84 Å². The van der Waals surface area contributed by atoms with Crippen molar-refractivity contribution in [2.75, 3.05) is 18.7 Å². The van der Waals surface area contributed by atoms with Crippen molar-refractivity contribution in [3.05, 3.63) is 23.8 Å². The van der Waals surface area contributed by atoms with Crippen molar-refractivity contribution < 1.29 is 17.9 Å². The first-order chi connectivity index (χ1) is 9.27. The number of benzene rings is 1. The highest BCUT2D eigenvalue weighted by atomic mass is 79.9. The molecule has 0 aliphatic heterocycles. The predicted octanol–water partition coefficient (Wildman–Crippen LogP) is 1.54. The van der Waals surface area contributed by atoms with Gasteiger partial charge in [0.05, 0.1) is 12.4 Å². The SMILES string of the molecule is COc1ccc(C[C@@H](C)NC(=O)CBr)cc1S(C)(=O)=O. The lowest BCUT2D eigenvalue weighted by Crippen LogP contribution is -2.34. The number of nitrogens with one attached hydrogen (secondary N) is 1. The first-order valence-corrected chi connectivity index (χ1v) is 9.01. The Balaban J connectivity index is 2.96. The fraction of sp³-hybridized carbons (Fsp3) is 0.462. The molecular formula is C13H18BrNO4S. The molecule has 5 nitrogen and oxygen atoms in total. The summed E-state index contributed by atoms with van der Waals surface area (Å²) in [5, 5.41) is 3.04. The third-order valence-corrected chi connectivity index (χ3v) is 4.33. The Bertz CT molecular complexity index is 586. The van der Waals surface area contributed by atoms with E-state index in [4.69, 9.17) is 4.74 Å². The summed E-state index contributed by atoms with van der Waals surface area (Å²) in [6.45, 7) is 1.87. The molecule has 0 saturated carbocycles. The van der Waals surface area contributed by atoms with Crippen molar-refractivity contribution in [3.63, 3.8) is 0 Å². The van der Waals surface area contributed by atoms with Gasteiger partial charge in [0.25, 0.3) is 0 Å². The molecule has 0 saturated heterocycles. The molecule has 20 heavy (non-hydrogen) atoms. The van der Waals surface area contributed by atoms with Crippen LogP contribution in [0.15, 0.2) is 23.1 Å². The van der Waals surface area contributed by atoms with Crippen LogP contribution in [0.1, 0.15) is 12.5 Å². The molecule has 1 amide bonds. The number of hydrogen-bond donors (Lipinski definition) is 1. The monoisotopic (exact) mass is 363 g/mol. The second-order valence-electron chi connectivity index (χ2n) is 4.56. The van der Waals surface area contributed by atoms with E-state index in [0.29, 0.717) is 12.2 Å². The van der Waals surface area contributed by atoms with Crippen LogP contribution in [0.25, 0.3) is 0 Å². The maximum Gasteiger partial charge on any atom is 0.230 e. The first kappa shape index (κ1) is 17.0. The topological polar surface area (TPSA) is 72.5 Å². The zero-order valence-electron chi connectivity index (χ0n) is 11.6. The van der Waals surface area contributed by atoms with Crippen molar-refractivity contribution in [3.8, 4) is 5.75 Å². The molecule has 112 valence electrons. The van der Waals surface area contributed by atoms with Crippen LogP contribution in [0, 0.1) is 0 Å². The van der Waals surface area contributed by atoms with Gasteiger partial charge in [-0.2, -0.15) is 0 Å². The van der Waals surface area contributed by atoms with Gasteiger partial charge in [-0.15, -0.1) is 0 Å². The summed E-state index contributed by atoms with van der Waals surface area (Å²) < 4.78 is 28.5. The average molecular weight is 364 g/mol. The molecule has 1 aromatic carbocycles. The maximum absolute atomic E-state index is 11.7. The summed E-state index contributed by atoms with van der Waals surface area (Å²) in [7, 11) is -1.92. The quantitative estimate of drug-likeness (QED) is 0.778. The van der Waals surface area contributed by atoms with Crippen molar-refractivity contribution in [2.45, 2.75) is 24.3 Å². The summed E-state index contributed by atoms with van der Waals surface area (Å²) in [4.78, 5) is 11.4. The Morgan fingerprint density at radius 1 is 1.45 bits per heavy atom. The van der Waals surface area contributed by atoms with Crippen molar-refractivity contribution in [1.82, 2.24) is 5.32 Å². The fourth-order valence-electron chi connectivity index (χ4n) is 1.86. The number of methoxy groups -OCH3 is 1. The molecule has 0 radical (unpaired) electrons. The number of sulfone groups is 1. The van der Waals surface area contributed by atoms with Crippen LogP contribution in [0.2, 0.25) is 0 Å². The van der Waals surface area contributed by atoms with Gasteiger partial charge in [0.1, 0.15) is 10.6 Å². The first-order valence-electron chi connectivity index (χ1n) is 6.00. The number of rotatable bonds is 6. The van der Waals surface area contributed by atoms with Crippen molar-refractivity contribution >= 4 is 31.7 Å². The van der Waals surface area contributed by atoms with Gasteiger partial charge in [-0.3, -0.25) is 4.79 Å². The second kappa shape index (κ2) is 7.08. The summed E-state index contributed by atoms with van der Waals surface area (Å²) in [5.74, 6) is 0.225. The predicted molar refractivity (Wildman–Crippen MR) is 81.2 cm³/mol. The van der Waals surface area contributed by atoms with E-state index in [1.807, 2.05) is 6.92 Å². The molecule has 1 atom stereocenters. The number of ether oxygens (including phenoxy) is 1. The fourth-order valence-corrected chi connectivity index (χ4v) is 2.90.